The number of para-hydroxylation sites is 1. The van der Waals surface area contributed by atoms with E-state index in [1.807, 2.05) is 39.0 Å². The molecule has 5 heteroatoms. The van der Waals surface area contributed by atoms with Gasteiger partial charge in [0, 0.05) is 19.0 Å². The second kappa shape index (κ2) is 9.35. The highest BCUT2D eigenvalue weighted by Gasteiger charge is 2.03. The van der Waals surface area contributed by atoms with Crippen LogP contribution in [-0.4, -0.2) is 25.1 Å². The Bertz CT molecular complexity index is 372. The smallest absolute Gasteiger partial charge is 0.218 e. The van der Waals surface area contributed by atoms with Crippen LogP contribution in [0.4, 0.5) is 0 Å². The molecule has 0 spiro atoms. The minimum Gasteiger partial charge on any atom is -0.491 e. The molecule has 1 aromatic carbocycles. The number of amides is 1. The summed E-state index contributed by atoms with van der Waals surface area (Å²) in [5, 5.41) is 0. The lowest BCUT2D eigenvalue weighted by Crippen LogP contribution is -2.24. The average molecular weight is 267 g/mol. The van der Waals surface area contributed by atoms with E-state index in [2.05, 4.69) is 5.73 Å². The highest BCUT2D eigenvalue weighted by molar-refractivity contribution is 5.73. The molecule has 0 heterocycles. The molecule has 19 heavy (non-hydrogen) atoms. The van der Waals surface area contributed by atoms with Crippen molar-refractivity contribution >= 4 is 5.91 Å². The number of carbonyl (C=O) groups excluding carboxylic acids is 1. The van der Waals surface area contributed by atoms with E-state index in [0.717, 1.165) is 5.75 Å². The zero-order chi connectivity index (χ0) is 14.8. The molecule has 108 valence electrons. The maximum atomic E-state index is 9.74. The van der Waals surface area contributed by atoms with Crippen molar-refractivity contribution in [2.75, 3.05) is 13.2 Å². The third-order valence-corrected chi connectivity index (χ3v) is 2.29. The van der Waals surface area contributed by atoms with Crippen molar-refractivity contribution in [3.63, 3.8) is 0 Å². The summed E-state index contributed by atoms with van der Waals surface area (Å²) in [6.07, 6.45) is 0.292. The summed E-state index contributed by atoms with van der Waals surface area (Å²) in [5.74, 6) is 0.636. The second-order valence-electron chi connectivity index (χ2n) is 4.51. The molecular weight excluding hydrogens is 242 g/mol. The zero-order valence-corrected chi connectivity index (χ0v) is 12.0. The molecule has 0 saturated carbocycles. The predicted octanol–water partition coefficient (Wildman–Crippen LogP) is 0.850. The lowest BCUT2D eigenvalue weighted by atomic mass is 10.1. The summed E-state index contributed by atoms with van der Waals surface area (Å²) < 4.78 is 5.60. The number of aryl methyl sites for hydroxylation is 2. The fourth-order valence-corrected chi connectivity index (χ4v) is 1.38. The van der Waals surface area contributed by atoms with Crippen LogP contribution >= 0.6 is 0 Å². The van der Waals surface area contributed by atoms with Crippen LogP contribution in [0.15, 0.2) is 18.2 Å². The summed E-state index contributed by atoms with van der Waals surface area (Å²) in [6.45, 7) is 6.96. The van der Waals surface area contributed by atoms with E-state index >= 15 is 0 Å². The van der Waals surface area contributed by atoms with Crippen LogP contribution in [0.1, 0.15) is 24.5 Å². The van der Waals surface area contributed by atoms with Crippen molar-refractivity contribution in [2.24, 2.45) is 17.2 Å². The largest absolute Gasteiger partial charge is 0.491 e. The molecule has 0 fully saturated rings. The lowest BCUT2D eigenvalue weighted by molar-refractivity contribution is -0.117. The number of hydrogen-bond acceptors (Lipinski definition) is 4. The fraction of sp³-hybridized carbons (Fsp3) is 0.500. The van der Waals surface area contributed by atoms with Gasteiger partial charge in [-0.05, 0) is 31.9 Å². The van der Waals surface area contributed by atoms with Crippen LogP contribution < -0.4 is 21.9 Å². The molecule has 1 unspecified atom stereocenters. The van der Waals surface area contributed by atoms with Gasteiger partial charge in [-0.1, -0.05) is 18.2 Å². The van der Waals surface area contributed by atoms with Crippen molar-refractivity contribution in [2.45, 2.75) is 33.2 Å². The number of hydrogen-bond donors (Lipinski definition) is 3. The van der Waals surface area contributed by atoms with E-state index in [0.29, 0.717) is 19.6 Å². The maximum absolute atomic E-state index is 9.74. The van der Waals surface area contributed by atoms with Gasteiger partial charge in [0.25, 0.3) is 0 Å². The molecule has 0 aliphatic rings. The van der Waals surface area contributed by atoms with E-state index in [1.54, 1.807) is 0 Å². The monoisotopic (exact) mass is 267 g/mol. The quantitative estimate of drug-likeness (QED) is 0.735. The molecule has 0 saturated heterocycles. The first-order chi connectivity index (χ1) is 8.88. The molecule has 1 amide bonds. The van der Waals surface area contributed by atoms with Gasteiger partial charge in [-0.3, -0.25) is 4.79 Å². The highest BCUT2D eigenvalue weighted by atomic mass is 16.5. The SMILES string of the molecule is Cc1cccc(C)c1OCC(C)N.NCCC(N)=O. The Morgan fingerprint density at radius 3 is 2.16 bits per heavy atom. The van der Waals surface area contributed by atoms with Crippen LogP contribution in [0.25, 0.3) is 0 Å². The Morgan fingerprint density at radius 1 is 1.32 bits per heavy atom. The van der Waals surface area contributed by atoms with E-state index in [4.69, 9.17) is 16.2 Å². The van der Waals surface area contributed by atoms with Gasteiger partial charge >= 0.3 is 0 Å². The molecular formula is C14H25N3O2. The van der Waals surface area contributed by atoms with Crippen LogP contribution in [0.5, 0.6) is 5.75 Å². The Balaban J connectivity index is 0.000000459. The van der Waals surface area contributed by atoms with Gasteiger partial charge in [0.1, 0.15) is 12.4 Å². The Kier molecular flexibility index (Phi) is 8.57. The Labute approximate surface area is 115 Å². The normalized spacial score (nSPS) is 11.2. The van der Waals surface area contributed by atoms with E-state index in [-0.39, 0.29) is 11.9 Å². The van der Waals surface area contributed by atoms with Gasteiger partial charge in [-0.2, -0.15) is 0 Å². The summed E-state index contributed by atoms with van der Waals surface area (Å²) >= 11 is 0. The lowest BCUT2D eigenvalue weighted by Gasteiger charge is -2.13. The zero-order valence-electron chi connectivity index (χ0n) is 12.0. The molecule has 1 atom stereocenters. The molecule has 0 aromatic heterocycles. The first kappa shape index (κ1) is 17.4. The molecule has 5 nitrogen and oxygen atoms in total. The Morgan fingerprint density at radius 2 is 1.84 bits per heavy atom. The van der Waals surface area contributed by atoms with Crippen molar-refractivity contribution < 1.29 is 9.53 Å². The summed E-state index contributed by atoms with van der Waals surface area (Å²) in [5.41, 5.74) is 17.6. The maximum Gasteiger partial charge on any atom is 0.218 e. The van der Waals surface area contributed by atoms with Crippen molar-refractivity contribution in [3.8, 4) is 5.75 Å². The first-order valence-corrected chi connectivity index (χ1v) is 6.31. The van der Waals surface area contributed by atoms with Crippen LogP contribution in [0.2, 0.25) is 0 Å². The van der Waals surface area contributed by atoms with Gasteiger partial charge < -0.3 is 21.9 Å². The van der Waals surface area contributed by atoms with Gasteiger partial charge in [0.2, 0.25) is 5.91 Å². The van der Waals surface area contributed by atoms with Gasteiger partial charge in [-0.15, -0.1) is 0 Å². The number of ether oxygens (including phenoxy) is 1. The topological polar surface area (TPSA) is 104 Å². The van der Waals surface area contributed by atoms with Gasteiger partial charge in [0.15, 0.2) is 0 Å². The minimum atomic E-state index is -0.336. The number of rotatable bonds is 5. The van der Waals surface area contributed by atoms with Crippen molar-refractivity contribution in [1.29, 1.82) is 0 Å². The molecule has 0 bridgehead atoms. The second-order valence-corrected chi connectivity index (χ2v) is 4.51. The molecule has 0 radical (unpaired) electrons. The van der Waals surface area contributed by atoms with Gasteiger partial charge in [0.05, 0.1) is 0 Å². The van der Waals surface area contributed by atoms with Crippen LogP contribution in [0, 0.1) is 13.8 Å². The number of benzene rings is 1. The molecule has 1 rings (SSSR count). The summed E-state index contributed by atoms with van der Waals surface area (Å²) in [7, 11) is 0. The molecule has 0 aliphatic carbocycles. The number of primary amides is 1. The molecule has 0 aliphatic heterocycles. The minimum absolute atomic E-state index is 0.0824. The average Bonchev–Trinajstić information content (AvgIpc) is 2.28. The third kappa shape index (κ3) is 8.18. The highest BCUT2D eigenvalue weighted by Crippen LogP contribution is 2.22. The summed E-state index contributed by atoms with van der Waals surface area (Å²) in [4.78, 5) is 9.74. The number of nitrogens with two attached hydrogens (primary N) is 3. The first-order valence-electron chi connectivity index (χ1n) is 6.31. The standard InChI is InChI=1S/C11H17NO.C3H8N2O/c1-8-5-4-6-9(2)11(8)13-7-10(3)12;4-2-1-3(5)6/h4-6,10H,7,12H2,1-3H3;1-2,4H2,(H2,5,6). The van der Waals surface area contributed by atoms with Crippen LogP contribution in [0.3, 0.4) is 0 Å². The van der Waals surface area contributed by atoms with Crippen molar-refractivity contribution in [3.05, 3.63) is 29.3 Å². The van der Waals surface area contributed by atoms with Gasteiger partial charge in [-0.25, -0.2) is 0 Å². The van der Waals surface area contributed by atoms with Crippen molar-refractivity contribution in [1.82, 2.24) is 0 Å². The van der Waals surface area contributed by atoms with E-state index in [1.165, 1.54) is 11.1 Å². The van der Waals surface area contributed by atoms with E-state index in [9.17, 15) is 4.79 Å². The number of carbonyl (C=O) groups is 1. The third-order valence-electron chi connectivity index (χ3n) is 2.29. The molecule has 1 aromatic rings. The van der Waals surface area contributed by atoms with Crippen LogP contribution in [-0.2, 0) is 4.79 Å². The molecule has 6 N–H and O–H groups in total. The predicted molar refractivity (Wildman–Crippen MR) is 77.9 cm³/mol. The Hall–Kier alpha value is -1.59. The fourth-order valence-electron chi connectivity index (χ4n) is 1.38. The summed E-state index contributed by atoms with van der Waals surface area (Å²) in [6, 6.07) is 6.20. The van der Waals surface area contributed by atoms with E-state index < -0.39 is 0 Å².